The zero-order valence-corrected chi connectivity index (χ0v) is 18.4. The van der Waals surface area contributed by atoms with Crippen LogP contribution in [0.5, 0.6) is 5.75 Å². The van der Waals surface area contributed by atoms with Gasteiger partial charge >= 0.3 is 0 Å². The fourth-order valence-corrected chi connectivity index (χ4v) is 4.37. The standard InChI is InChI=1S/C22H24Cl2FN5O/c1-13(20-17(23)3-4-18(25)21(20)24)31-19-9-14(10-27-22(19)26)15-11-28-30(12-15)16-5-7-29(2)8-6-16/h3-4,9-13,16H,5-8H2,1-2H3,(H2,26,27)/t13-/m1/s1/i2D3. The van der Waals surface area contributed by atoms with Crippen LogP contribution in [0, 0.1) is 5.82 Å². The maximum absolute atomic E-state index is 13.9. The number of hydrogen-bond donors (Lipinski definition) is 1. The van der Waals surface area contributed by atoms with E-state index < -0.39 is 18.9 Å². The van der Waals surface area contributed by atoms with Crippen LogP contribution in [0.3, 0.4) is 0 Å². The summed E-state index contributed by atoms with van der Waals surface area (Å²) in [6.45, 7) is 0.605. The molecule has 1 atom stereocenters. The van der Waals surface area contributed by atoms with Gasteiger partial charge in [0.05, 0.1) is 17.3 Å². The minimum absolute atomic E-state index is 0.103. The summed E-state index contributed by atoms with van der Waals surface area (Å²) >= 11 is 12.3. The normalized spacial score (nSPS) is 18.3. The third-order valence-corrected chi connectivity index (χ3v) is 6.16. The highest BCUT2D eigenvalue weighted by molar-refractivity contribution is 6.36. The van der Waals surface area contributed by atoms with Crippen molar-refractivity contribution in [3.05, 3.63) is 58.2 Å². The number of likely N-dealkylation sites (tertiary alicyclic amines) is 1. The van der Waals surface area contributed by atoms with Gasteiger partial charge in [0.15, 0.2) is 11.6 Å². The topological polar surface area (TPSA) is 69.2 Å². The lowest BCUT2D eigenvalue weighted by molar-refractivity contribution is 0.212. The van der Waals surface area contributed by atoms with E-state index in [9.17, 15) is 4.39 Å². The molecule has 1 aliphatic heterocycles. The molecule has 1 aliphatic rings. The quantitative estimate of drug-likeness (QED) is 0.511. The molecular formula is C22H24Cl2FN5O. The molecule has 9 heteroatoms. The second-order valence-electron chi connectivity index (χ2n) is 7.55. The van der Waals surface area contributed by atoms with E-state index in [4.69, 9.17) is 37.8 Å². The molecule has 3 heterocycles. The molecule has 1 fully saturated rings. The van der Waals surface area contributed by atoms with Crippen molar-refractivity contribution in [2.75, 3.05) is 25.8 Å². The molecule has 0 saturated carbocycles. The van der Waals surface area contributed by atoms with E-state index in [1.165, 1.54) is 17.0 Å². The van der Waals surface area contributed by atoms with E-state index in [1.807, 2.05) is 10.9 Å². The summed E-state index contributed by atoms with van der Waals surface area (Å²) in [5, 5.41) is 4.66. The van der Waals surface area contributed by atoms with Gasteiger partial charge in [-0.3, -0.25) is 4.68 Å². The summed E-state index contributed by atoms with van der Waals surface area (Å²) in [5.74, 6) is -0.114. The van der Waals surface area contributed by atoms with E-state index >= 15 is 0 Å². The zero-order chi connectivity index (χ0) is 24.6. The molecule has 2 aromatic heterocycles. The van der Waals surface area contributed by atoms with Gasteiger partial charge in [0, 0.05) is 38.2 Å². The first-order valence-electron chi connectivity index (χ1n) is 11.4. The molecule has 0 amide bonds. The van der Waals surface area contributed by atoms with Gasteiger partial charge in [-0.1, -0.05) is 23.2 Å². The van der Waals surface area contributed by atoms with Crippen LogP contribution in [0.4, 0.5) is 10.2 Å². The molecule has 3 aromatic rings. The van der Waals surface area contributed by atoms with Crippen LogP contribution in [0.25, 0.3) is 11.1 Å². The van der Waals surface area contributed by atoms with Crippen molar-refractivity contribution in [2.24, 2.45) is 0 Å². The summed E-state index contributed by atoms with van der Waals surface area (Å²) in [5.41, 5.74) is 7.89. The number of nitrogen functional groups attached to an aromatic ring is 1. The number of hydrogen-bond acceptors (Lipinski definition) is 5. The summed E-state index contributed by atoms with van der Waals surface area (Å²) in [4.78, 5) is 5.74. The molecular weight excluding hydrogens is 440 g/mol. The van der Waals surface area contributed by atoms with Gasteiger partial charge in [-0.15, -0.1) is 0 Å². The van der Waals surface area contributed by atoms with Crippen LogP contribution in [0.15, 0.2) is 36.8 Å². The predicted octanol–water partition coefficient (Wildman–Crippen LogP) is 5.38. The van der Waals surface area contributed by atoms with Gasteiger partial charge in [-0.25, -0.2) is 9.37 Å². The summed E-state index contributed by atoms with van der Waals surface area (Å²) < 4.78 is 44.4. The molecule has 2 N–H and O–H groups in total. The zero-order valence-electron chi connectivity index (χ0n) is 19.9. The average molecular weight is 467 g/mol. The van der Waals surface area contributed by atoms with Crippen LogP contribution < -0.4 is 10.5 Å². The van der Waals surface area contributed by atoms with Crippen molar-refractivity contribution in [3.63, 3.8) is 0 Å². The van der Waals surface area contributed by atoms with Crippen LogP contribution in [-0.4, -0.2) is 39.7 Å². The Morgan fingerprint density at radius 3 is 2.77 bits per heavy atom. The highest BCUT2D eigenvalue weighted by Crippen LogP contribution is 2.37. The first-order valence-corrected chi connectivity index (χ1v) is 10.7. The number of piperidine rings is 1. The first-order chi connectivity index (χ1) is 16.0. The molecule has 1 aromatic carbocycles. The monoisotopic (exact) mass is 466 g/mol. The number of rotatable bonds is 5. The van der Waals surface area contributed by atoms with Crippen molar-refractivity contribution >= 4 is 29.0 Å². The number of aromatic nitrogens is 3. The minimum Gasteiger partial charge on any atom is -0.482 e. The maximum atomic E-state index is 13.9. The number of nitrogens with two attached hydrogens (primary N) is 1. The number of ether oxygens (including phenoxy) is 1. The SMILES string of the molecule is [2H]C([2H])([2H])N1CCC(n2cc(-c3cnc(N)c(O[C@H](C)c4c(Cl)ccc(F)c4Cl)c3)cn2)CC1. The number of pyridine rings is 1. The van der Waals surface area contributed by atoms with E-state index in [2.05, 4.69) is 10.1 Å². The van der Waals surface area contributed by atoms with E-state index in [0.717, 1.165) is 11.1 Å². The second-order valence-corrected chi connectivity index (χ2v) is 8.34. The van der Waals surface area contributed by atoms with Crippen LogP contribution in [0.1, 0.15) is 41.6 Å². The van der Waals surface area contributed by atoms with Crippen molar-refractivity contribution in [1.82, 2.24) is 19.7 Å². The fraction of sp³-hybridized carbons (Fsp3) is 0.364. The Morgan fingerprint density at radius 2 is 2.03 bits per heavy atom. The Balaban J connectivity index is 1.51. The lowest BCUT2D eigenvalue weighted by atomic mass is 10.1. The van der Waals surface area contributed by atoms with Gasteiger partial charge in [0.1, 0.15) is 11.9 Å². The Kier molecular flexibility index (Phi) is 5.31. The molecule has 1 saturated heterocycles. The number of anilines is 1. The van der Waals surface area contributed by atoms with Gasteiger partial charge < -0.3 is 15.4 Å². The van der Waals surface area contributed by atoms with Crippen molar-refractivity contribution in [3.8, 4) is 16.9 Å². The highest BCUT2D eigenvalue weighted by atomic mass is 35.5. The molecule has 31 heavy (non-hydrogen) atoms. The van der Waals surface area contributed by atoms with Crippen molar-refractivity contribution < 1.29 is 13.2 Å². The van der Waals surface area contributed by atoms with E-state index in [0.29, 0.717) is 37.2 Å². The van der Waals surface area contributed by atoms with Crippen LogP contribution >= 0.6 is 23.2 Å². The summed E-state index contributed by atoms with van der Waals surface area (Å²) in [6, 6.07) is 4.47. The number of nitrogens with zero attached hydrogens (tertiary/aromatic N) is 4. The first kappa shape index (κ1) is 18.2. The van der Waals surface area contributed by atoms with Gasteiger partial charge in [-0.2, -0.15) is 5.10 Å². The van der Waals surface area contributed by atoms with Crippen LogP contribution in [0.2, 0.25) is 10.0 Å². The summed E-state index contributed by atoms with van der Waals surface area (Å²) in [6.07, 6.45) is 5.95. The smallest absolute Gasteiger partial charge is 0.166 e. The van der Waals surface area contributed by atoms with Crippen molar-refractivity contribution in [1.29, 1.82) is 0 Å². The highest BCUT2D eigenvalue weighted by Gasteiger charge is 2.21. The minimum atomic E-state index is -2.07. The lowest BCUT2D eigenvalue weighted by Gasteiger charge is -2.28. The Labute approximate surface area is 194 Å². The number of benzene rings is 1. The molecule has 0 unspecified atom stereocenters. The molecule has 0 aliphatic carbocycles. The van der Waals surface area contributed by atoms with E-state index in [-0.39, 0.29) is 21.9 Å². The van der Waals surface area contributed by atoms with E-state index in [1.54, 1.807) is 25.4 Å². The average Bonchev–Trinajstić information content (AvgIpc) is 3.28. The Bertz CT molecular complexity index is 1180. The number of halogens is 3. The third kappa shape index (κ3) is 4.63. The largest absolute Gasteiger partial charge is 0.482 e. The molecule has 6 nitrogen and oxygen atoms in total. The van der Waals surface area contributed by atoms with Crippen LogP contribution in [-0.2, 0) is 0 Å². The molecule has 0 bridgehead atoms. The Morgan fingerprint density at radius 1 is 1.26 bits per heavy atom. The Hall–Kier alpha value is -2.35. The molecule has 164 valence electrons. The van der Waals surface area contributed by atoms with Gasteiger partial charge in [-0.05, 0) is 58.0 Å². The second kappa shape index (κ2) is 9.02. The lowest BCUT2D eigenvalue weighted by Crippen LogP contribution is -2.31. The molecule has 0 spiro atoms. The van der Waals surface area contributed by atoms with Crippen molar-refractivity contribution in [2.45, 2.75) is 31.9 Å². The summed E-state index contributed by atoms with van der Waals surface area (Å²) in [7, 11) is 0. The predicted molar refractivity (Wildman–Crippen MR) is 121 cm³/mol. The van der Waals surface area contributed by atoms with Gasteiger partial charge in [0.25, 0.3) is 0 Å². The molecule has 4 rings (SSSR count). The fourth-order valence-electron chi connectivity index (χ4n) is 3.69. The maximum Gasteiger partial charge on any atom is 0.166 e. The molecule has 0 radical (unpaired) electrons. The van der Waals surface area contributed by atoms with Gasteiger partial charge in [0.2, 0.25) is 0 Å². The third-order valence-electron chi connectivity index (χ3n) is 5.44.